The molecule has 0 radical (unpaired) electrons. The van der Waals surface area contributed by atoms with Gasteiger partial charge in [-0.15, -0.1) is 0 Å². The van der Waals surface area contributed by atoms with Gasteiger partial charge in [0.2, 0.25) is 17.7 Å². The number of carbonyl (C=O) groups excluding carboxylic acids is 6. The number of pyridine rings is 2. The molecule has 1 unspecified atom stereocenters. The van der Waals surface area contributed by atoms with Crippen molar-refractivity contribution < 1.29 is 47.7 Å². The fourth-order valence-corrected chi connectivity index (χ4v) is 7.96. The number of hydrogen-bond acceptors (Lipinski definition) is 11. The Morgan fingerprint density at radius 3 is 2.41 bits per heavy atom. The number of amides is 5. The minimum Gasteiger partial charge on any atom is -0.458 e. The van der Waals surface area contributed by atoms with E-state index in [0.717, 1.165) is 21.4 Å². The molecule has 16 nitrogen and oxygen atoms in total. The number of nitrogens with one attached hydrogen (secondary N) is 3. The molecule has 0 fully saturated rings. The molecule has 3 aliphatic rings. The number of carbonyl (C=O) groups is 6. The highest BCUT2D eigenvalue weighted by Gasteiger charge is 2.45. The maximum Gasteiger partial charge on any atom is 0.343 e. The van der Waals surface area contributed by atoms with E-state index in [-0.39, 0.29) is 79.6 Å². The average molecular weight is 845 g/mol. The molecule has 3 aliphatic heterocycles. The molecule has 4 N–H and O–H groups in total. The standard InChI is InChI=1S/C44H53FN6O10/c1-6-44(59)31-19-34-39-29(21-51(34)42(57)30(31)22-61-43(44)58)27(28-18-25(4)32(45)20-33(28)48-39)12-9-11-17-60-23-46-40(55)26(5)47-41(56)38(24(2)3)49-35(52)13-8-7-10-16-50-36(53)14-15-37(50)54/h14-15,18-20,24,26,38,59H,6-13,16-17,21-23H2,1-5H3,(H,46,55)(H,47,56)(H,49,52)/t26-,38?,44-/m0/s1. The highest BCUT2D eigenvalue weighted by molar-refractivity contribution is 6.12. The van der Waals surface area contributed by atoms with Gasteiger partial charge in [0, 0.05) is 54.3 Å². The van der Waals surface area contributed by atoms with Crippen molar-refractivity contribution in [3.05, 3.63) is 74.3 Å². The molecule has 5 amide bonds. The first-order chi connectivity index (χ1) is 29.0. The molecule has 0 aliphatic carbocycles. The number of aromatic nitrogens is 2. The van der Waals surface area contributed by atoms with Crippen LogP contribution in [0.1, 0.15) is 100 Å². The Labute approximate surface area is 352 Å². The Kier molecular flexibility index (Phi) is 13.8. The number of cyclic esters (lactones) is 1. The van der Waals surface area contributed by atoms with Gasteiger partial charge in [-0.2, -0.15) is 0 Å². The zero-order chi connectivity index (χ0) is 44.2. The Hall–Kier alpha value is -5.81. The maximum atomic E-state index is 14.8. The lowest BCUT2D eigenvalue weighted by Gasteiger charge is -2.31. The van der Waals surface area contributed by atoms with Crippen LogP contribution in [0.15, 0.2) is 35.1 Å². The van der Waals surface area contributed by atoms with Crippen molar-refractivity contribution in [2.24, 2.45) is 5.92 Å². The number of fused-ring (bicyclic) bond motifs is 5. The number of aliphatic hydroxyl groups is 1. The molecule has 61 heavy (non-hydrogen) atoms. The van der Waals surface area contributed by atoms with E-state index in [9.17, 15) is 43.1 Å². The van der Waals surface area contributed by atoms with E-state index in [1.807, 2.05) is 0 Å². The molecule has 0 bridgehead atoms. The van der Waals surface area contributed by atoms with Crippen LogP contribution in [0, 0.1) is 18.7 Å². The van der Waals surface area contributed by atoms with Gasteiger partial charge in [0.25, 0.3) is 17.4 Å². The number of imide groups is 1. The molecule has 3 aromatic rings. The molecule has 0 saturated carbocycles. The van der Waals surface area contributed by atoms with Crippen molar-refractivity contribution >= 4 is 46.4 Å². The van der Waals surface area contributed by atoms with Gasteiger partial charge in [-0.05, 0) is 81.5 Å². The van der Waals surface area contributed by atoms with Crippen LogP contribution >= 0.6 is 0 Å². The fourth-order valence-electron chi connectivity index (χ4n) is 7.96. The second-order valence-corrected chi connectivity index (χ2v) is 16.2. The maximum absolute atomic E-state index is 14.8. The van der Waals surface area contributed by atoms with Crippen LogP contribution in [0.3, 0.4) is 0 Å². The zero-order valence-electron chi connectivity index (χ0n) is 35.2. The SMILES string of the molecule is CC[C@@]1(O)C(=O)OCc2c1cc1n(c2=O)Cc2c-1nc1cc(F)c(C)cc1c2CCCCOCNC(=O)[C@H](C)NC(=O)C(NC(=O)CCCCCN1C(=O)C=CC1=O)C(C)C. The number of aryl methyl sites for hydroxylation is 2. The van der Waals surface area contributed by atoms with Crippen LogP contribution in [-0.4, -0.2) is 87.0 Å². The monoisotopic (exact) mass is 844 g/mol. The molecule has 3 atom stereocenters. The van der Waals surface area contributed by atoms with Crippen molar-refractivity contribution in [2.45, 2.75) is 117 Å². The minimum absolute atomic E-state index is 0.00986. The molecule has 1 aromatic carbocycles. The second kappa shape index (κ2) is 18.8. The Morgan fingerprint density at radius 2 is 1.70 bits per heavy atom. The zero-order valence-corrected chi connectivity index (χ0v) is 35.2. The van der Waals surface area contributed by atoms with Crippen molar-refractivity contribution in [1.29, 1.82) is 0 Å². The highest BCUT2D eigenvalue weighted by Crippen LogP contribution is 2.41. The highest BCUT2D eigenvalue weighted by atomic mass is 19.1. The molecular weight excluding hydrogens is 792 g/mol. The van der Waals surface area contributed by atoms with Gasteiger partial charge >= 0.3 is 5.97 Å². The van der Waals surface area contributed by atoms with Gasteiger partial charge < -0.3 is 35.1 Å². The molecule has 326 valence electrons. The lowest BCUT2D eigenvalue weighted by atomic mass is 9.86. The molecule has 0 spiro atoms. The van der Waals surface area contributed by atoms with Crippen LogP contribution < -0.4 is 21.5 Å². The van der Waals surface area contributed by atoms with E-state index in [0.29, 0.717) is 67.6 Å². The van der Waals surface area contributed by atoms with Crippen LogP contribution in [0.5, 0.6) is 0 Å². The predicted molar refractivity (Wildman–Crippen MR) is 220 cm³/mol. The second-order valence-electron chi connectivity index (χ2n) is 16.2. The molecule has 5 heterocycles. The van der Waals surface area contributed by atoms with Crippen LogP contribution in [0.2, 0.25) is 0 Å². The van der Waals surface area contributed by atoms with Gasteiger partial charge in [-0.25, -0.2) is 14.2 Å². The summed E-state index contributed by atoms with van der Waals surface area (Å²) in [5, 5.41) is 20.1. The summed E-state index contributed by atoms with van der Waals surface area (Å²) in [7, 11) is 0. The van der Waals surface area contributed by atoms with Gasteiger partial charge in [0.05, 0.1) is 29.0 Å². The lowest BCUT2D eigenvalue weighted by Crippen LogP contribution is -2.54. The quantitative estimate of drug-likeness (QED) is 0.0466. The number of benzene rings is 1. The number of halogens is 1. The first-order valence-electron chi connectivity index (χ1n) is 20.8. The predicted octanol–water partition coefficient (Wildman–Crippen LogP) is 3.07. The topological polar surface area (TPSA) is 215 Å². The summed E-state index contributed by atoms with van der Waals surface area (Å²) < 4.78 is 27.3. The molecule has 2 aromatic heterocycles. The van der Waals surface area contributed by atoms with Crippen molar-refractivity contribution in [3.8, 4) is 11.4 Å². The van der Waals surface area contributed by atoms with Crippen molar-refractivity contribution in [3.63, 3.8) is 0 Å². The van der Waals surface area contributed by atoms with Gasteiger partial charge in [-0.3, -0.25) is 33.7 Å². The summed E-state index contributed by atoms with van der Waals surface area (Å²) in [4.78, 5) is 94.2. The van der Waals surface area contributed by atoms with Crippen LogP contribution in [0.25, 0.3) is 22.3 Å². The largest absolute Gasteiger partial charge is 0.458 e. The van der Waals surface area contributed by atoms with E-state index in [2.05, 4.69) is 16.0 Å². The molecular formula is C44H53FN6O10. The normalized spacial score (nSPS) is 17.6. The summed E-state index contributed by atoms with van der Waals surface area (Å²) in [6, 6.07) is 2.97. The summed E-state index contributed by atoms with van der Waals surface area (Å²) in [5.41, 5.74) is 1.55. The van der Waals surface area contributed by atoms with E-state index in [4.69, 9.17) is 14.5 Å². The summed E-state index contributed by atoms with van der Waals surface area (Å²) >= 11 is 0. The van der Waals surface area contributed by atoms with Crippen LogP contribution in [-0.2, 0) is 63.4 Å². The minimum atomic E-state index is -1.97. The third-order valence-electron chi connectivity index (χ3n) is 11.6. The van der Waals surface area contributed by atoms with Gasteiger partial charge in [0.15, 0.2) is 5.60 Å². The van der Waals surface area contributed by atoms with E-state index >= 15 is 0 Å². The van der Waals surface area contributed by atoms with Gasteiger partial charge in [-0.1, -0.05) is 27.2 Å². The van der Waals surface area contributed by atoms with Gasteiger partial charge in [0.1, 0.15) is 31.2 Å². The average Bonchev–Trinajstić information content (AvgIpc) is 3.75. The summed E-state index contributed by atoms with van der Waals surface area (Å²) in [5.74, 6) is -3.47. The number of nitrogens with zero attached hydrogens (tertiary/aromatic N) is 3. The number of ether oxygens (including phenoxy) is 2. The number of esters is 1. The number of hydrogen-bond donors (Lipinski definition) is 4. The van der Waals surface area contributed by atoms with Crippen LogP contribution in [0.4, 0.5) is 4.39 Å². The third kappa shape index (κ3) is 9.42. The molecule has 6 rings (SSSR count). The van der Waals surface area contributed by atoms with Crippen molar-refractivity contribution in [1.82, 2.24) is 30.4 Å². The molecule has 17 heteroatoms. The first kappa shape index (κ1) is 44.7. The van der Waals surface area contributed by atoms with E-state index in [1.165, 1.54) is 25.1 Å². The van der Waals surface area contributed by atoms with E-state index in [1.54, 1.807) is 44.4 Å². The smallest absolute Gasteiger partial charge is 0.343 e. The number of unbranched alkanes of at least 4 members (excludes halogenated alkanes) is 3. The van der Waals surface area contributed by atoms with E-state index < -0.39 is 41.3 Å². The Morgan fingerprint density at radius 1 is 0.967 bits per heavy atom. The fraction of sp³-hybridized carbons (Fsp3) is 0.500. The Balaban J connectivity index is 0.980. The summed E-state index contributed by atoms with van der Waals surface area (Å²) in [6.45, 7) is 8.84. The summed E-state index contributed by atoms with van der Waals surface area (Å²) in [6.07, 6.45) is 6.09. The number of rotatable bonds is 19. The van der Waals surface area contributed by atoms with Crippen molar-refractivity contribution in [2.75, 3.05) is 19.9 Å². The third-order valence-corrected chi connectivity index (χ3v) is 11.6. The molecule has 0 saturated heterocycles. The Bertz CT molecular complexity index is 2340. The lowest BCUT2D eigenvalue weighted by molar-refractivity contribution is -0.172. The first-order valence-corrected chi connectivity index (χ1v) is 20.8.